The molecule has 2 aromatic rings. The summed E-state index contributed by atoms with van der Waals surface area (Å²) in [5.74, 6) is 1.13. The number of benzene rings is 1. The van der Waals surface area contributed by atoms with Crippen molar-refractivity contribution in [3.05, 3.63) is 52.2 Å². The lowest BCUT2D eigenvalue weighted by Gasteiger charge is -2.34. The molecular weight excluding hydrogens is 302 g/mol. The number of nitrogens with zero attached hydrogens (tertiary/aromatic N) is 3. The summed E-state index contributed by atoms with van der Waals surface area (Å²) in [6.45, 7) is 12.0. The molecule has 0 saturated carbocycles. The third-order valence-corrected chi connectivity index (χ3v) is 4.74. The number of hydrogen-bond acceptors (Lipinski definition) is 4. The highest BCUT2D eigenvalue weighted by atomic mass is 16.4. The molecule has 1 aliphatic rings. The zero-order valence-electron chi connectivity index (χ0n) is 14.9. The molecule has 0 unspecified atom stereocenters. The summed E-state index contributed by atoms with van der Waals surface area (Å²) in [6, 6.07) is 6.63. The van der Waals surface area contributed by atoms with Gasteiger partial charge < -0.3 is 9.32 Å². The quantitative estimate of drug-likeness (QED) is 0.870. The van der Waals surface area contributed by atoms with Crippen molar-refractivity contribution in [2.24, 2.45) is 0 Å². The number of aryl methyl sites for hydroxylation is 4. The van der Waals surface area contributed by atoms with E-state index in [1.807, 2.05) is 4.90 Å². The minimum atomic E-state index is -0.0184. The van der Waals surface area contributed by atoms with Crippen molar-refractivity contribution in [2.75, 3.05) is 26.2 Å². The Labute approximate surface area is 143 Å². The van der Waals surface area contributed by atoms with Gasteiger partial charge in [0.05, 0.1) is 0 Å². The number of piperazine rings is 1. The number of oxazole rings is 1. The third kappa shape index (κ3) is 3.51. The summed E-state index contributed by atoms with van der Waals surface area (Å²) in [4.78, 5) is 21.1. The molecule has 128 valence electrons. The zero-order chi connectivity index (χ0) is 17.3. The van der Waals surface area contributed by atoms with Crippen LogP contribution in [0.25, 0.3) is 0 Å². The number of rotatable bonds is 3. The van der Waals surface area contributed by atoms with E-state index in [1.165, 1.54) is 16.7 Å². The molecule has 2 heterocycles. The van der Waals surface area contributed by atoms with Gasteiger partial charge in [0, 0.05) is 39.6 Å². The monoisotopic (exact) mass is 327 g/mol. The van der Waals surface area contributed by atoms with E-state index >= 15 is 0 Å². The van der Waals surface area contributed by atoms with Crippen molar-refractivity contribution < 1.29 is 9.21 Å². The van der Waals surface area contributed by atoms with Crippen molar-refractivity contribution >= 4 is 5.91 Å². The van der Waals surface area contributed by atoms with Gasteiger partial charge in [0.2, 0.25) is 0 Å². The number of carbonyl (C=O) groups excluding carboxylic acids is 1. The van der Waals surface area contributed by atoms with Crippen LogP contribution in [0, 0.1) is 27.7 Å². The van der Waals surface area contributed by atoms with Crippen LogP contribution in [0.1, 0.15) is 38.8 Å². The van der Waals surface area contributed by atoms with Crippen molar-refractivity contribution in [1.29, 1.82) is 0 Å². The first-order valence-corrected chi connectivity index (χ1v) is 8.46. The Morgan fingerprint density at radius 3 is 2.38 bits per heavy atom. The van der Waals surface area contributed by atoms with Crippen molar-refractivity contribution in [1.82, 2.24) is 14.8 Å². The average Bonchev–Trinajstić information content (AvgIpc) is 2.89. The Bertz CT molecular complexity index is 743. The lowest BCUT2D eigenvalue weighted by Crippen LogP contribution is -2.48. The van der Waals surface area contributed by atoms with E-state index in [1.54, 1.807) is 13.8 Å². The Balaban J connectivity index is 1.58. The van der Waals surface area contributed by atoms with Crippen LogP contribution >= 0.6 is 0 Å². The maximum Gasteiger partial charge on any atom is 0.276 e. The lowest BCUT2D eigenvalue weighted by atomic mass is 10.1. The molecule has 1 aromatic carbocycles. The highest BCUT2D eigenvalue weighted by Crippen LogP contribution is 2.16. The molecule has 1 saturated heterocycles. The van der Waals surface area contributed by atoms with Crippen LogP contribution in [-0.2, 0) is 6.54 Å². The van der Waals surface area contributed by atoms with Crippen LogP contribution in [0.2, 0.25) is 0 Å². The van der Waals surface area contributed by atoms with Gasteiger partial charge in [0.25, 0.3) is 5.91 Å². The van der Waals surface area contributed by atoms with Gasteiger partial charge >= 0.3 is 0 Å². The minimum absolute atomic E-state index is 0.0184. The van der Waals surface area contributed by atoms with E-state index < -0.39 is 0 Å². The van der Waals surface area contributed by atoms with E-state index in [0.717, 1.165) is 32.7 Å². The molecule has 24 heavy (non-hydrogen) atoms. The third-order valence-electron chi connectivity index (χ3n) is 4.74. The van der Waals surface area contributed by atoms with Gasteiger partial charge in [-0.25, -0.2) is 4.98 Å². The first-order valence-electron chi connectivity index (χ1n) is 8.46. The molecule has 1 aliphatic heterocycles. The molecule has 0 spiro atoms. The Morgan fingerprint density at radius 1 is 1.08 bits per heavy atom. The molecule has 0 atom stereocenters. The fourth-order valence-electron chi connectivity index (χ4n) is 3.15. The summed E-state index contributed by atoms with van der Waals surface area (Å²) in [6.07, 6.45) is 0. The smallest absolute Gasteiger partial charge is 0.276 e. The fourth-order valence-corrected chi connectivity index (χ4v) is 3.15. The van der Waals surface area contributed by atoms with E-state index in [-0.39, 0.29) is 5.91 Å². The van der Waals surface area contributed by atoms with E-state index in [9.17, 15) is 4.79 Å². The molecule has 0 aliphatic carbocycles. The highest BCUT2D eigenvalue weighted by Gasteiger charge is 2.25. The van der Waals surface area contributed by atoms with Crippen molar-refractivity contribution in [2.45, 2.75) is 34.2 Å². The first-order chi connectivity index (χ1) is 11.4. The van der Waals surface area contributed by atoms with Gasteiger partial charge in [-0.3, -0.25) is 9.69 Å². The molecular formula is C19H25N3O2. The fraction of sp³-hybridized carbons (Fsp3) is 0.474. The van der Waals surface area contributed by atoms with Crippen LogP contribution < -0.4 is 0 Å². The Morgan fingerprint density at radius 2 is 1.79 bits per heavy atom. The molecule has 0 N–H and O–H groups in total. The highest BCUT2D eigenvalue weighted by molar-refractivity contribution is 5.93. The normalized spacial score (nSPS) is 15.8. The van der Waals surface area contributed by atoms with Gasteiger partial charge in [0.1, 0.15) is 5.76 Å². The first kappa shape index (κ1) is 16.7. The summed E-state index contributed by atoms with van der Waals surface area (Å²) in [5, 5.41) is 0. The maximum absolute atomic E-state index is 12.6. The van der Waals surface area contributed by atoms with Gasteiger partial charge in [-0.15, -0.1) is 0 Å². The predicted octanol–water partition coefficient (Wildman–Crippen LogP) is 2.87. The average molecular weight is 327 g/mol. The summed E-state index contributed by atoms with van der Waals surface area (Å²) in [5.41, 5.74) is 4.45. The molecule has 0 radical (unpaired) electrons. The van der Waals surface area contributed by atoms with Crippen molar-refractivity contribution in [3.63, 3.8) is 0 Å². The van der Waals surface area contributed by atoms with Crippen LogP contribution in [0.3, 0.4) is 0 Å². The Hall–Kier alpha value is -2.14. The number of hydrogen-bond donors (Lipinski definition) is 0. The van der Waals surface area contributed by atoms with Gasteiger partial charge in [-0.2, -0.15) is 0 Å². The molecule has 5 nitrogen and oxygen atoms in total. The second-order valence-corrected chi connectivity index (χ2v) is 6.62. The molecule has 5 heteroatoms. The minimum Gasteiger partial charge on any atom is -0.445 e. The molecule has 0 bridgehead atoms. The molecule has 3 rings (SSSR count). The van der Waals surface area contributed by atoms with Gasteiger partial charge in [0.15, 0.2) is 11.6 Å². The summed E-state index contributed by atoms with van der Waals surface area (Å²) < 4.78 is 5.38. The molecule has 1 fully saturated rings. The van der Waals surface area contributed by atoms with Crippen LogP contribution in [0.4, 0.5) is 0 Å². The second-order valence-electron chi connectivity index (χ2n) is 6.62. The Kier molecular flexibility index (Phi) is 4.71. The lowest BCUT2D eigenvalue weighted by molar-refractivity contribution is 0.0621. The van der Waals surface area contributed by atoms with E-state index in [0.29, 0.717) is 17.3 Å². The number of aromatic nitrogens is 1. The summed E-state index contributed by atoms with van der Waals surface area (Å²) >= 11 is 0. The van der Waals surface area contributed by atoms with Crippen molar-refractivity contribution in [3.8, 4) is 0 Å². The second kappa shape index (κ2) is 6.77. The topological polar surface area (TPSA) is 49.6 Å². The zero-order valence-corrected chi connectivity index (χ0v) is 14.9. The van der Waals surface area contributed by atoms with Crippen LogP contribution in [-0.4, -0.2) is 46.9 Å². The van der Waals surface area contributed by atoms with E-state index in [4.69, 9.17) is 4.42 Å². The predicted molar refractivity (Wildman–Crippen MR) is 93.1 cm³/mol. The van der Waals surface area contributed by atoms with Gasteiger partial charge in [-0.1, -0.05) is 18.2 Å². The standard InChI is InChI=1S/C19H25N3O2/c1-13-5-6-17(11-14(13)2)12-21-7-9-22(10-8-21)19(23)18-15(3)24-16(4)20-18/h5-6,11H,7-10,12H2,1-4H3. The molecule has 1 amide bonds. The van der Waals surface area contributed by atoms with Crippen LogP contribution in [0.15, 0.2) is 22.6 Å². The number of amides is 1. The largest absolute Gasteiger partial charge is 0.445 e. The van der Waals surface area contributed by atoms with Gasteiger partial charge in [-0.05, 0) is 37.5 Å². The SMILES string of the molecule is Cc1nc(C(=O)N2CCN(Cc3ccc(C)c(C)c3)CC2)c(C)o1. The maximum atomic E-state index is 12.6. The van der Waals surface area contributed by atoms with E-state index in [2.05, 4.69) is 41.9 Å². The molecule has 1 aromatic heterocycles. The number of carbonyl (C=O) groups is 1. The van der Waals surface area contributed by atoms with Crippen LogP contribution in [0.5, 0.6) is 0 Å². The summed E-state index contributed by atoms with van der Waals surface area (Å²) in [7, 11) is 0.